The number of piperazine rings is 1. The largest absolute Gasteiger partial charge is 0.389 e. The molecule has 136 valence electrons. The number of hydrogen-bond acceptors (Lipinski definition) is 4. The summed E-state index contributed by atoms with van der Waals surface area (Å²) in [6.45, 7) is 9.97. The van der Waals surface area contributed by atoms with Gasteiger partial charge in [-0.2, -0.15) is 5.10 Å². The first-order valence-electron chi connectivity index (χ1n) is 8.77. The summed E-state index contributed by atoms with van der Waals surface area (Å²) in [5.41, 5.74) is -0.732. The number of aromatic nitrogens is 2. The van der Waals surface area contributed by atoms with Crippen LogP contribution in [-0.2, 0) is 7.05 Å². The monoisotopic (exact) mass is 337 g/mol. The number of anilines is 1. The summed E-state index contributed by atoms with van der Waals surface area (Å²) in [7, 11) is 1.83. The highest BCUT2D eigenvalue weighted by Crippen LogP contribution is 2.22. The molecular formula is C17H31N5O2. The van der Waals surface area contributed by atoms with Crippen LogP contribution in [0.2, 0.25) is 0 Å². The number of carbonyl (C=O) groups is 1. The third-order valence-electron chi connectivity index (χ3n) is 4.55. The highest BCUT2D eigenvalue weighted by atomic mass is 16.3. The molecule has 0 radical (unpaired) electrons. The molecule has 0 bridgehead atoms. The second-order valence-electron chi connectivity index (χ2n) is 7.32. The predicted molar refractivity (Wildman–Crippen MR) is 95.0 cm³/mol. The van der Waals surface area contributed by atoms with Crippen LogP contribution in [0.3, 0.4) is 0 Å². The number of amides is 2. The van der Waals surface area contributed by atoms with Crippen LogP contribution >= 0.6 is 0 Å². The molecule has 2 amide bonds. The van der Waals surface area contributed by atoms with E-state index in [1.807, 2.05) is 32.0 Å². The van der Waals surface area contributed by atoms with Crippen LogP contribution in [0.1, 0.15) is 40.5 Å². The van der Waals surface area contributed by atoms with Crippen LogP contribution in [0.4, 0.5) is 10.6 Å². The van der Waals surface area contributed by atoms with Crippen molar-refractivity contribution in [3.05, 3.63) is 12.3 Å². The topological polar surface area (TPSA) is 73.6 Å². The van der Waals surface area contributed by atoms with Gasteiger partial charge in [-0.05, 0) is 26.7 Å². The summed E-state index contributed by atoms with van der Waals surface area (Å²) in [5, 5.41) is 17.3. The van der Waals surface area contributed by atoms with E-state index in [-0.39, 0.29) is 18.1 Å². The summed E-state index contributed by atoms with van der Waals surface area (Å²) in [5.74, 6) is 0.573. The number of nitrogens with zero attached hydrogens (tertiary/aromatic N) is 4. The van der Waals surface area contributed by atoms with E-state index in [1.54, 1.807) is 10.7 Å². The standard InChI is InChI=1S/C17H31N5O2/c1-6-13-11-22(16(23)18-15-8-9-20(5)19-15)14(7-2)10-21(13)12-17(3,4)24/h8-9,13-14,24H,6-7,10-12H2,1-5H3,(H,18,19,23)/t13-,14-/m0/s1. The highest BCUT2D eigenvalue weighted by molar-refractivity contribution is 5.88. The molecule has 1 fully saturated rings. The van der Waals surface area contributed by atoms with Crippen LogP contribution < -0.4 is 5.32 Å². The lowest BCUT2D eigenvalue weighted by molar-refractivity contribution is -0.0173. The summed E-state index contributed by atoms with van der Waals surface area (Å²) < 4.78 is 1.67. The maximum atomic E-state index is 12.7. The molecule has 0 aromatic carbocycles. The van der Waals surface area contributed by atoms with E-state index < -0.39 is 5.60 Å². The lowest BCUT2D eigenvalue weighted by Gasteiger charge is -2.47. The van der Waals surface area contributed by atoms with E-state index in [1.165, 1.54) is 0 Å². The molecular weight excluding hydrogens is 306 g/mol. The summed E-state index contributed by atoms with van der Waals surface area (Å²) in [6, 6.07) is 2.09. The van der Waals surface area contributed by atoms with Gasteiger partial charge in [0.2, 0.25) is 0 Å². The minimum atomic E-state index is -0.732. The fourth-order valence-corrected chi connectivity index (χ4v) is 3.35. The first-order chi connectivity index (χ1) is 11.2. The molecule has 2 atom stereocenters. The van der Waals surface area contributed by atoms with Gasteiger partial charge in [0.1, 0.15) is 0 Å². The molecule has 7 heteroatoms. The molecule has 0 spiro atoms. The Bertz CT molecular complexity index is 551. The van der Waals surface area contributed by atoms with Gasteiger partial charge in [-0.15, -0.1) is 0 Å². The average molecular weight is 337 g/mol. The molecule has 1 aromatic heterocycles. The van der Waals surface area contributed by atoms with E-state index in [0.29, 0.717) is 18.9 Å². The molecule has 0 saturated carbocycles. The van der Waals surface area contributed by atoms with Crippen LogP contribution in [-0.4, -0.2) is 68.0 Å². The number of hydrogen-bond donors (Lipinski definition) is 2. The lowest BCUT2D eigenvalue weighted by atomic mass is 10.00. The van der Waals surface area contributed by atoms with E-state index in [9.17, 15) is 9.90 Å². The van der Waals surface area contributed by atoms with Crippen molar-refractivity contribution >= 4 is 11.8 Å². The molecule has 2 rings (SSSR count). The maximum absolute atomic E-state index is 12.7. The van der Waals surface area contributed by atoms with E-state index in [4.69, 9.17) is 0 Å². The molecule has 7 nitrogen and oxygen atoms in total. The number of urea groups is 1. The summed E-state index contributed by atoms with van der Waals surface area (Å²) >= 11 is 0. The fourth-order valence-electron chi connectivity index (χ4n) is 3.35. The lowest BCUT2D eigenvalue weighted by Crippen LogP contribution is -2.62. The van der Waals surface area contributed by atoms with Crippen LogP contribution in [0.15, 0.2) is 12.3 Å². The van der Waals surface area contributed by atoms with Crippen LogP contribution in [0.5, 0.6) is 0 Å². The van der Waals surface area contributed by atoms with Gasteiger partial charge in [0.05, 0.1) is 5.60 Å². The van der Waals surface area contributed by atoms with Crippen molar-refractivity contribution in [3.8, 4) is 0 Å². The second kappa shape index (κ2) is 7.53. The first-order valence-corrected chi connectivity index (χ1v) is 8.77. The van der Waals surface area contributed by atoms with Crippen molar-refractivity contribution in [2.75, 3.05) is 25.0 Å². The molecule has 2 N–H and O–H groups in total. The zero-order valence-electron chi connectivity index (χ0n) is 15.5. The number of aryl methyl sites for hydroxylation is 1. The minimum absolute atomic E-state index is 0.0955. The second-order valence-corrected chi connectivity index (χ2v) is 7.32. The molecule has 1 aliphatic rings. The Balaban J connectivity index is 2.08. The van der Waals surface area contributed by atoms with Crippen molar-refractivity contribution in [1.29, 1.82) is 0 Å². The van der Waals surface area contributed by atoms with Crippen LogP contribution in [0, 0.1) is 0 Å². The van der Waals surface area contributed by atoms with Gasteiger partial charge in [-0.1, -0.05) is 13.8 Å². The molecule has 0 aliphatic carbocycles. The molecule has 1 aliphatic heterocycles. The Morgan fingerprint density at radius 3 is 2.50 bits per heavy atom. The quantitative estimate of drug-likeness (QED) is 0.861. The van der Waals surface area contributed by atoms with E-state index in [0.717, 1.165) is 19.4 Å². The number of aliphatic hydroxyl groups is 1. The first kappa shape index (κ1) is 18.7. The molecule has 0 unspecified atom stereocenters. The third kappa shape index (κ3) is 4.70. The summed E-state index contributed by atoms with van der Waals surface area (Å²) in [4.78, 5) is 16.9. The number of rotatable bonds is 5. The molecule has 1 aromatic rings. The smallest absolute Gasteiger partial charge is 0.323 e. The van der Waals surface area contributed by atoms with Crippen molar-refractivity contribution < 1.29 is 9.90 Å². The van der Waals surface area contributed by atoms with Gasteiger partial charge < -0.3 is 10.0 Å². The predicted octanol–water partition coefficient (Wildman–Crippen LogP) is 1.90. The van der Waals surface area contributed by atoms with E-state index >= 15 is 0 Å². The maximum Gasteiger partial charge on any atom is 0.323 e. The third-order valence-corrected chi connectivity index (χ3v) is 4.55. The van der Waals surface area contributed by atoms with Gasteiger partial charge in [-0.3, -0.25) is 14.9 Å². The summed E-state index contributed by atoms with van der Waals surface area (Å²) in [6.07, 6.45) is 3.64. The van der Waals surface area contributed by atoms with Crippen molar-refractivity contribution in [2.24, 2.45) is 7.05 Å². The van der Waals surface area contributed by atoms with Crippen molar-refractivity contribution in [1.82, 2.24) is 19.6 Å². The number of carbonyl (C=O) groups excluding carboxylic acids is 1. The molecule has 24 heavy (non-hydrogen) atoms. The zero-order chi connectivity index (χ0) is 17.9. The van der Waals surface area contributed by atoms with Gasteiger partial charge in [-0.25, -0.2) is 4.79 Å². The van der Waals surface area contributed by atoms with Gasteiger partial charge in [0, 0.05) is 51.0 Å². The Morgan fingerprint density at radius 2 is 2.00 bits per heavy atom. The Morgan fingerprint density at radius 1 is 1.33 bits per heavy atom. The van der Waals surface area contributed by atoms with Gasteiger partial charge in [0.15, 0.2) is 5.82 Å². The molecule has 1 saturated heterocycles. The molecule has 2 heterocycles. The van der Waals surface area contributed by atoms with Crippen LogP contribution in [0.25, 0.3) is 0 Å². The fraction of sp³-hybridized carbons (Fsp3) is 0.765. The van der Waals surface area contributed by atoms with Gasteiger partial charge >= 0.3 is 6.03 Å². The highest BCUT2D eigenvalue weighted by Gasteiger charge is 2.36. The van der Waals surface area contributed by atoms with E-state index in [2.05, 4.69) is 29.2 Å². The van der Waals surface area contributed by atoms with Crippen molar-refractivity contribution in [3.63, 3.8) is 0 Å². The average Bonchev–Trinajstić information content (AvgIpc) is 2.90. The Kier molecular flexibility index (Phi) is 5.87. The SMILES string of the molecule is CC[C@H]1CN(C(=O)Nc2ccn(C)n2)[C@@H](CC)CN1CC(C)(C)O. The Hall–Kier alpha value is -1.60. The Labute approximate surface area is 144 Å². The number of nitrogens with one attached hydrogen (secondary N) is 1. The van der Waals surface area contributed by atoms with Crippen molar-refractivity contribution in [2.45, 2.75) is 58.2 Å². The normalized spacial score (nSPS) is 22.7. The van der Waals surface area contributed by atoms with Gasteiger partial charge in [0.25, 0.3) is 0 Å². The number of β-amino-alcohol motifs (C(OH)–C–C–N with tert-alkyl or cyclic N) is 1. The zero-order valence-corrected chi connectivity index (χ0v) is 15.5. The minimum Gasteiger partial charge on any atom is -0.389 e.